The maximum Gasteiger partial charge on any atom is 0.315 e. The van der Waals surface area contributed by atoms with Gasteiger partial charge in [-0.15, -0.1) is 0 Å². The van der Waals surface area contributed by atoms with Crippen molar-refractivity contribution in [3.05, 3.63) is 54.3 Å². The number of rotatable bonds is 4. The van der Waals surface area contributed by atoms with Crippen LogP contribution in [0.4, 0.5) is 14.9 Å². The lowest BCUT2D eigenvalue weighted by Gasteiger charge is -2.35. The zero-order valence-corrected chi connectivity index (χ0v) is 15.6. The third kappa shape index (κ3) is 4.47. The molecular weight excluding hydrogens is 361 g/mol. The fraction of sp³-hybridized carbons (Fsp3) is 0.381. The number of ether oxygens (including phenoxy) is 2. The first kappa shape index (κ1) is 18.4. The number of anilines is 1. The molecule has 2 aliphatic rings. The molecule has 6 nitrogen and oxygen atoms in total. The number of nitrogens with zero attached hydrogens (tertiary/aromatic N) is 1. The normalized spacial score (nSPS) is 21.1. The fourth-order valence-electron chi connectivity index (χ4n) is 3.61. The van der Waals surface area contributed by atoms with Crippen molar-refractivity contribution in [2.45, 2.75) is 25.0 Å². The number of amides is 2. The lowest BCUT2D eigenvalue weighted by atomic mass is 10.0. The maximum atomic E-state index is 13.5. The molecule has 28 heavy (non-hydrogen) atoms. The van der Waals surface area contributed by atoms with Crippen molar-refractivity contribution in [2.75, 3.05) is 31.1 Å². The predicted octanol–water partition coefficient (Wildman–Crippen LogP) is 2.93. The second-order valence-corrected chi connectivity index (χ2v) is 7.12. The van der Waals surface area contributed by atoms with Crippen LogP contribution in [0.3, 0.4) is 0 Å². The Morgan fingerprint density at radius 3 is 2.89 bits per heavy atom. The van der Waals surface area contributed by atoms with Crippen molar-refractivity contribution in [1.29, 1.82) is 0 Å². The molecule has 2 aromatic carbocycles. The maximum absolute atomic E-state index is 13.5. The van der Waals surface area contributed by atoms with E-state index in [1.807, 2.05) is 30.3 Å². The summed E-state index contributed by atoms with van der Waals surface area (Å²) in [7, 11) is 0. The Labute approximate surface area is 163 Å². The number of hydrogen-bond acceptors (Lipinski definition) is 4. The molecule has 2 N–H and O–H groups in total. The van der Waals surface area contributed by atoms with Crippen LogP contribution in [0.5, 0.6) is 11.5 Å². The molecule has 1 saturated heterocycles. The minimum absolute atomic E-state index is 0.0151. The molecule has 0 aliphatic carbocycles. The van der Waals surface area contributed by atoms with Crippen LogP contribution in [0.25, 0.3) is 0 Å². The molecule has 0 saturated carbocycles. The quantitative estimate of drug-likeness (QED) is 0.850. The lowest BCUT2D eigenvalue weighted by Crippen LogP contribution is -2.52. The molecule has 4 rings (SSSR count). The van der Waals surface area contributed by atoms with Gasteiger partial charge in [-0.3, -0.25) is 0 Å². The number of piperidine rings is 1. The average Bonchev–Trinajstić information content (AvgIpc) is 2.72. The number of benzene rings is 2. The third-order valence-electron chi connectivity index (χ3n) is 4.99. The van der Waals surface area contributed by atoms with Crippen molar-refractivity contribution in [1.82, 2.24) is 10.6 Å². The number of urea groups is 1. The van der Waals surface area contributed by atoms with Gasteiger partial charge in [0.15, 0.2) is 17.6 Å². The van der Waals surface area contributed by atoms with Gasteiger partial charge in [0, 0.05) is 24.8 Å². The topological polar surface area (TPSA) is 62.8 Å². The van der Waals surface area contributed by atoms with Crippen molar-refractivity contribution in [3.8, 4) is 11.5 Å². The van der Waals surface area contributed by atoms with E-state index in [9.17, 15) is 9.18 Å². The van der Waals surface area contributed by atoms with Crippen molar-refractivity contribution in [3.63, 3.8) is 0 Å². The molecule has 0 spiro atoms. The number of carbonyl (C=O) groups excluding carboxylic acids is 1. The number of carbonyl (C=O) groups is 1. The molecule has 0 radical (unpaired) electrons. The molecule has 1 fully saturated rings. The first-order chi connectivity index (χ1) is 13.7. The zero-order chi connectivity index (χ0) is 19.3. The van der Waals surface area contributed by atoms with Crippen molar-refractivity contribution < 1.29 is 18.7 Å². The average molecular weight is 385 g/mol. The largest absolute Gasteiger partial charge is 0.486 e. The van der Waals surface area contributed by atoms with Crippen molar-refractivity contribution in [2.24, 2.45) is 0 Å². The van der Waals surface area contributed by atoms with Crippen LogP contribution >= 0.6 is 0 Å². The van der Waals surface area contributed by atoms with Gasteiger partial charge in [0.2, 0.25) is 0 Å². The van der Waals surface area contributed by atoms with E-state index < -0.39 is 0 Å². The molecule has 2 amide bonds. The van der Waals surface area contributed by atoms with Crippen LogP contribution in [-0.4, -0.2) is 44.4 Å². The Morgan fingerprint density at radius 1 is 1.18 bits per heavy atom. The molecule has 2 atom stereocenters. The number of nitrogens with one attached hydrogen (secondary N) is 2. The fourth-order valence-corrected chi connectivity index (χ4v) is 3.61. The highest BCUT2D eigenvalue weighted by molar-refractivity contribution is 5.74. The Bertz CT molecular complexity index is 832. The van der Waals surface area contributed by atoms with Gasteiger partial charge >= 0.3 is 6.03 Å². The number of para-hydroxylation sites is 2. The van der Waals surface area contributed by atoms with Gasteiger partial charge in [0.05, 0.1) is 6.54 Å². The van der Waals surface area contributed by atoms with E-state index >= 15 is 0 Å². The van der Waals surface area contributed by atoms with Gasteiger partial charge in [-0.1, -0.05) is 18.2 Å². The monoisotopic (exact) mass is 385 g/mol. The van der Waals surface area contributed by atoms with Crippen LogP contribution in [0.1, 0.15) is 12.8 Å². The summed E-state index contributed by atoms with van der Waals surface area (Å²) in [6.45, 7) is 2.28. The lowest BCUT2D eigenvalue weighted by molar-refractivity contribution is 0.0917. The Morgan fingerprint density at radius 2 is 2.04 bits per heavy atom. The van der Waals surface area contributed by atoms with Crippen LogP contribution in [0.2, 0.25) is 0 Å². The molecule has 2 unspecified atom stereocenters. The molecule has 0 aromatic heterocycles. The van der Waals surface area contributed by atoms with Gasteiger partial charge < -0.3 is 25.0 Å². The van der Waals surface area contributed by atoms with E-state index in [0.29, 0.717) is 25.4 Å². The Kier molecular flexibility index (Phi) is 5.50. The summed E-state index contributed by atoms with van der Waals surface area (Å²) in [6, 6.07) is 13.8. The molecule has 2 aromatic rings. The predicted molar refractivity (Wildman–Crippen MR) is 105 cm³/mol. The zero-order valence-electron chi connectivity index (χ0n) is 15.6. The van der Waals surface area contributed by atoms with E-state index in [4.69, 9.17) is 9.47 Å². The summed E-state index contributed by atoms with van der Waals surface area (Å²) < 4.78 is 25.0. The molecule has 2 heterocycles. The van der Waals surface area contributed by atoms with Crippen LogP contribution in [0, 0.1) is 5.82 Å². The summed E-state index contributed by atoms with van der Waals surface area (Å²) in [4.78, 5) is 14.4. The Hall–Kier alpha value is -2.96. The highest BCUT2D eigenvalue weighted by Crippen LogP contribution is 2.30. The summed E-state index contributed by atoms with van der Waals surface area (Å²) in [5, 5.41) is 5.87. The first-order valence-electron chi connectivity index (χ1n) is 9.61. The third-order valence-corrected chi connectivity index (χ3v) is 4.99. The SMILES string of the molecule is O=C(NCC1COc2ccccc2O1)NC1CCCN(c2cccc(F)c2)C1. The van der Waals surface area contributed by atoms with Crippen molar-refractivity contribution >= 4 is 11.7 Å². The summed E-state index contributed by atoms with van der Waals surface area (Å²) >= 11 is 0. The molecular formula is C21H24FN3O3. The van der Waals surface area contributed by atoms with Gasteiger partial charge in [-0.25, -0.2) is 9.18 Å². The van der Waals surface area contributed by atoms with Crippen LogP contribution < -0.4 is 25.0 Å². The minimum atomic E-state index is -0.249. The van der Waals surface area contributed by atoms with Gasteiger partial charge in [0.1, 0.15) is 12.4 Å². The minimum Gasteiger partial charge on any atom is -0.486 e. The standard InChI is InChI=1S/C21H24FN3O3/c22-15-5-3-7-17(11-15)25-10-4-6-16(13-25)24-21(26)23-12-18-14-27-19-8-1-2-9-20(19)28-18/h1-3,5,7-9,11,16,18H,4,6,10,12-14H2,(H2,23,24,26). The van der Waals surface area contributed by atoms with Gasteiger partial charge in [0.25, 0.3) is 0 Å². The van der Waals surface area contributed by atoms with Crippen LogP contribution in [-0.2, 0) is 0 Å². The number of fused-ring (bicyclic) bond motifs is 1. The summed E-state index contributed by atoms with van der Waals surface area (Å²) in [5.74, 6) is 1.17. The van der Waals surface area contributed by atoms with E-state index in [1.54, 1.807) is 6.07 Å². The smallest absolute Gasteiger partial charge is 0.315 e. The van der Waals surface area contributed by atoms with Gasteiger partial charge in [-0.05, 0) is 43.2 Å². The van der Waals surface area contributed by atoms with Gasteiger partial charge in [-0.2, -0.15) is 0 Å². The molecule has 2 aliphatic heterocycles. The highest BCUT2D eigenvalue weighted by Gasteiger charge is 2.24. The summed E-state index contributed by atoms with van der Waals surface area (Å²) in [5.41, 5.74) is 0.846. The first-order valence-corrected chi connectivity index (χ1v) is 9.61. The Balaban J connectivity index is 1.25. The highest BCUT2D eigenvalue weighted by atomic mass is 19.1. The van der Waals surface area contributed by atoms with E-state index in [2.05, 4.69) is 15.5 Å². The second-order valence-electron chi connectivity index (χ2n) is 7.12. The van der Waals surface area contributed by atoms with Crippen LogP contribution in [0.15, 0.2) is 48.5 Å². The molecule has 7 heteroatoms. The number of halogens is 1. The number of hydrogen-bond donors (Lipinski definition) is 2. The second kappa shape index (κ2) is 8.37. The molecule has 148 valence electrons. The van der Waals surface area contributed by atoms with E-state index in [0.717, 1.165) is 30.8 Å². The summed E-state index contributed by atoms with van der Waals surface area (Å²) in [6.07, 6.45) is 1.61. The van der Waals surface area contributed by atoms with E-state index in [-0.39, 0.29) is 24.0 Å². The van der Waals surface area contributed by atoms with E-state index in [1.165, 1.54) is 12.1 Å². The molecule has 0 bridgehead atoms.